The first kappa shape index (κ1) is 20.2. The molecule has 0 saturated carbocycles. The summed E-state index contributed by atoms with van der Waals surface area (Å²) in [5.41, 5.74) is 0. The van der Waals surface area contributed by atoms with E-state index >= 15 is 0 Å². The van der Waals surface area contributed by atoms with E-state index in [-0.39, 0.29) is 23.9 Å². The minimum Gasteiger partial charge on any atom is -0.405 e. The van der Waals surface area contributed by atoms with Gasteiger partial charge in [0, 0.05) is 0 Å². The van der Waals surface area contributed by atoms with E-state index in [0.29, 0.717) is 19.8 Å². The zero-order valence-electron chi connectivity index (χ0n) is 16.4. The Morgan fingerprint density at radius 3 is 1.93 bits per heavy atom. The van der Waals surface area contributed by atoms with Gasteiger partial charge in [-0.2, -0.15) is 0 Å². The Labute approximate surface area is 163 Å². The molecule has 1 fully saturated rings. The van der Waals surface area contributed by atoms with Crippen LogP contribution in [0.1, 0.15) is 20.8 Å². The van der Waals surface area contributed by atoms with Gasteiger partial charge in [-0.05, 0) is 15.4 Å². The third kappa shape index (κ3) is 4.33. The molecule has 27 heavy (non-hydrogen) atoms. The lowest BCUT2D eigenvalue weighted by atomic mass is 10.2. The highest BCUT2D eigenvalue weighted by atomic mass is 28.4. The van der Waals surface area contributed by atoms with Crippen molar-refractivity contribution >= 4 is 18.7 Å². The number of hydrogen-bond acceptors (Lipinski definition) is 4. The predicted octanol–water partition coefficient (Wildman–Crippen LogP) is 2.34. The van der Waals surface area contributed by atoms with E-state index in [1.807, 2.05) is 12.1 Å². The predicted molar refractivity (Wildman–Crippen MR) is 110 cm³/mol. The first-order chi connectivity index (χ1) is 13.0. The molecule has 1 N–H and O–H groups in total. The van der Waals surface area contributed by atoms with Gasteiger partial charge in [0.1, 0.15) is 12.2 Å². The Hall–Kier alpha value is -1.50. The molecule has 0 amide bonds. The number of aliphatic hydroxyl groups excluding tert-OH is 1. The zero-order chi connectivity index (χ0) is 19.3. The van der Waals surface area contributed by atoms with Gasteiger partial charge in [0.15, 0.2) is 0 Å². The largest absolute Gasteiger partial charge is 0.405 e. The second-order valence-corrected chi connectivity index (χ2v) is 12.4. The van der Waals surface area contributed by atoms with Crippen molar-refractivity contribution in [2.75, 3.05) is 26.4 Å². The topological polar surface area (TPSA) is 47.9 Å². The fraction of sp³-hybridized carbons (Fsp3) is 0.455. The van der Waals surface area contributed by atoms with Crippen molar-refractivity contribution in [3.05, 3.63) is 60.7 Å². The van der Waals surface area contributed by atoms with Crippen LogP contribution >= 0.6 is 0 Å². The van der Waals surface area contributed by atoms with E-state index in [1.165, 1.54) is 10.4 Å². The second-order valence-electron chi connectivity index (χ2n) is 8.07. The Bertz CT molecular complexity index is 660. The van der Waals surface area contributed by atoms with Crippen LogP contribution in [0.25, 0.3) is 0 Å². The summed E-state index contributed by atoms with van der Waals surface area (Å²) in [6, 6.07) is 21.1. The van der Waals surface area contributed by atoms with Crippen LogP contribution in [-0.2, 0) is 13.9 Å². The van der Waals surface area contributed by atoms with Gasteiger partial charge in [0.05, 0.1) is 26.4 Å². The lowest BCUT2D eigenvalue weighted by Crippen LogP contribution is -2.67. The monoisotopic (exact) mass is 386 g/mol. The molecule has 0 aliphatic carbocycles. The number of ether oxygens (including phenoxy) is 2. The molecule has 0 aromatic heterocycles. The molecule has 146 valence electrons. The highest BCUT2D eigenvalue weighted by Crippen LogP contribution is 2.37. The Balaban J connectivity index is 1.97. The quantitative estimate of drug-likeness (QED) is 0.774. The van der Waals surface area contributed by atoms with E-state index in [2.05, 4.69) is 69.3 Å². The van der Waals surface area contributed by atoms with Crippen molar-refractivity contribution in [3.8, 4) is 0 Å². The molecule has 5 heteroatoms. The van der Waals surface area contributed by atoms with Crippen molar-refractivity contribution in [3.63, 3.8) is 0 Å². The van der Waals surface area contributed by atoms with Crippen molar-refractivity contribution in [1.82, 2.24) is 0 Å². The fourth-order valence-corrected chi connectivity index (χ4v) is 8.44. The van der Waals surface area contributed by atoms with Gasteiger partial charge in [-0.3, -0.25) is 0 Å². The zero-order valence-corrected chi connectivity index (χ0v) is 17.4. The molecule has 1 saturated heterocycles. The highest BCUT2D eigenvalue weighted by molar-refractivity contribution is 6.99. The molecule has 1 aliphatic rings. The third-order valence-corrected chi connectivity index (χ3v) is 10.1. The van der Waals surface area contributed by atoms with Crippen molar-refractivity contribution < 1.29 is 19.0 Å². The maximum absolute atomic E-state index is 9.39. The van der Waals surface area contributed by atoms with Gasteiger partial charge in [0.25, 0.3) is 8.32 Å². The summed E-state index contributed by atoms with van der Waals surface area (Å²) in [6.45, 7) is 8.12. The van der Waals surface area contributed by atoms with Crippen LogP contribution in [-0.4, -0.2) is 52.1 Å². The summed E-state index contributed by atoms with van der Waals surface area (Å²) >= 11 is 0. The molecule has 0 bridgehead atoms. The maximum Gasteiger partial charge on any atom is 0.261 e. The smallest absolute Gasteiger partial charge is 0.261 e. The van der Waals surface area contributed by atoms with Crippen LogP contribution in [0.15, 0.2) is 60.7 Å². The molecular weight excluding hydrogens is 356 g/mol. The molecule has 4 nitrogen and oxygen atoms in total. The molecule has 0 spiro atoms. The molecule has 2 aromatic carbocycles. The summed E-state index contributed by atoms with van der Waals surface area (Å²) in [5.74, 6) is 0. The van der Waals surface area contributed by atoms with Gasteiger partial charge >= 0.3 is 0 Å². The van der Waals surface area contributed by atoms with Gasteiger partial charge in [-0.1, -0.05) is 81.4 Å². The van der Waals surface area contributed by atoms with E-state index in [9.17, 15) is 5.11 Å². The second kappa shape index (κ2) is 8.67. The van der Waals surface area contributed by atoms with Gasteiger partial charge in [0.2, 0.25) is 0 Å². The van der Waals surface area contributed by atoms with Gasteiger partial charge in [-0.15, -0.1) is 0 Å². The van der Waals surface area contributed by atoms with E-state index < -0.39 is 8.32 Å². The molecule has 3 rings (SSSR count). The number of benzene rings is 2. The normalized spacial score (nSPS) is 21.2. The molecule has 1 heterocycles. The summed E-state index contributed by atoms with van der Waals surface area (Å²) in [4.78, 5) is 0. The van der Waals surface area contributed by atoms with Crippen LogP contribution in [0, 0.1) is 0 Å². The number of hydrogen-bond donors (Lipinski definition) is 1. The van der Waals surface area contributed by atoms with E-state index in [0.717, 1.165) is 0 Å². The first-order valence-corrected chi connectivity index (χ1v) is 11.5. The van der Waals surface area contributed by atoms with Crippen LogP contribution in [0.4, 0.5) is 0 Å². The van der Waals surface area contributed by atoms with Gasteiger partial charge in [-0.25, -0.2) is 0 Å². The number of aliphatic hydroxyl groups is 1. The Morgan fingerprint density at radius 1 is 0.926 bits per heavy atom. The third-order valence-electron chi connectivity index (χ3n) is 5.10. The fourth-order valence-electron chi connectivity index (χ4n) is 3.84. The molecule has 2 unspecified atom stereocenters. The highest BCUT2D eigenvalue weighted by Gasteiger charge is 2.50. The van der Waals surface area contributed by atoms with Gasteiger partial charge < -0.3 is 19.0 Å². The molecule has 0 radical (unpaired) electrons. The average Bonchev–Trinajstić information content (AvgIpc) is 2.69. The summed E-state index contributed by atoms with van der Waals surface area (Å²) < 4.78 is 18.4. The van der Waals surface area contributed by atoms with E-state index in [1.54, 1.807) is 0 Å². The first-order valence-electron chi connectivity index (χ1n) is 9.56. The van der Waals surface area contributed by atoms with E-state index in [4.69, 9.17) is 13.9 Å². The SMILES string of the molecule is CC(C)(C)[Si](OCC1COCC(CO)O1)(c1ccccc1)c1ccccc1. The van der Waals surface area contributed by atoms with Crippen molar-refractivity contribution in [2.24, 2.45) is 0 Å². The summed E-state index contributed by atoms with van der Waals surface area (Å²) in [5, 5.41) is 11.8. The number of rotatable bonds is 6. The van der Waals surface area contributed by atoms with Crippen LogP contribution < -0.4 is 10.4 Å². The molecule has 2 atom stereocenters. The molecular formula is C22H30O4Si. The lowest BCUT2D eigenvalue weighted by Gasteiger charge is -2.44. The lowest BCUT2D eigenvalue weighted by molar-refractivity contribution is -0.159. The maximum atomic E-state index is 9.39. The minimum atomic E-state index is -2.56. The Kier molecular flexibility index (Phi) is 6.50. The Morgan fingerprint density at radius 2 is 1.44 bits per heavy atom. The average molecular weight is 387 g/mol. The summed E-state index contributed by atoms with van der Waals surface area (Å²) in [7, 11) is -2.56. The van der Waals surface area contributed by atoms with Crippen LogP contribution in [0.5, 0.6) is 0 Å². The molecule has 2 aromatic rings. The minimum absolute atomic E-state index is 0.0320. The standard InChI is InChI=1S/C22H30O4Si/c1-22(2,3)27(20-10-6-4-7-11-20,21-12-8-5-9-13-21)25-17-19-16-24-15-18(14-23)26-19/h4-13,18-19,23H,14-17H2,1-3H3. The van der Waals surface area contributed by atoms with Crippen LogP contribution in [0.3, 0.4) is 0 Å². The van der Waals surface area contributed by atoms with Crippen LogP contribution in [0.2, 0.25) is 5.04 Å². The summed E-state index contributed by atoms with van der Waals surface area (Å²) in [6.07, 6.45) is -0.441. The molecule has 1 aliphatic heterocycles. The van der Waals surface area contributed by atoms with Crippen molar-refractivity contribution in [2.45, 2.75) is 38.0 Å². The van der Waals surface area contributed by atoms with Crippen molar-refractivity contribution in [1.29, 1.82) is 0 Å².